The van der Waals surface area contributed by atoms with Crippen molar-refractivity contribution in [1.29, 1.82) is 0 Å². The first-order valence-electron chi connectivity index (χ1n) is 6.44. The maximum atomic E-state index is 5.60. The molecule has 1 aliphatic carbocycles. The molecule has 96 valence electrons. The minimum absolute atomic E-state index is 0.274. The Morgan fingerprint density at radius 3 is 2.53 bits per heavy atom. The molecule has 0 radical (unpaired) electrons. The minimum Gasteiger partial charge on any atom is -0.407 e. The van der Waals surface area contributed by atoms with E-state index < -0.39 is 0 Å². The summed E-state index contributed by atoms with van der Waals surface area (Å²) in [4.78, 5) is 0. The van der Waals surface area contributed by atoms with Crippen molar-refractivity contribution in [3.05, 3.63) is 5.89 Å². The van der Waals surface area contributed by atoms with Gasteiger partial charge in [0.2, 0.25) is 5.89 Å². The summed E-state index contributed by atoms with van der Waals surface area (Å²) in [5.41, 5.74) is 0. The molecule has 1 fully saturated rings. The van der Waals surface area contributed by atoms with Crippen molar-refractivity contribution >= 4 is 17.6 Å². The molecule has 1 aromatic heterocycles. The summed E-state index contributed by atoms with van der Waals surface area (Å²) in [5.74, 6) is 2.43. The van der Waals surface area contributed by atoms with Gasteiger partial charge >= 0.3 is 6.01 Å². The average Bonchev–Trinajstić information content (AvgIpc) is 2.85. The largest absolute Gasteiger partial charge is 0.407 e. The van der Waals surface area contributed by atoms with Gasteiger partial charge < -0.3 is 9.73 Å². The predicted molar refractivity (Wildman–Crippen MR) is 68.1 cm³/mol. The van der Waals surface area contributed by atoms with Crippen LogP contribution < -0.4 is 5.32 Å². The van der Waals surface area contributed by atoms with Gasteiger partial charge in [-0.05, 0) is 24.7 Å². The van der Waals surface area contributed by atoms with E-state index in [0.29, 0.717) is 11.9 Å². The molecule has 4 nitrogen and oxygen atoms in total. The van der Waals surface area contributed by atoms with Gasteiger partial charge in [0, 0.05) is 6.54 Å². The number of nitrogens with one attached hydrogen (secondary N) is 1. The summed E-state index contributed by atoms with van der Waals surface area (Å²) < 4.78 is 5.30. The molecule has 1 N–H and O–H groups in total. The molecule has 0 aliphatic heterocycles. The molecule has 1 aromatic rings. The highest BCUT2D eigenvalue weighted by molar-refractivity contribution is 6.16. The Kier molecular flexibility index (Phi) is 4.66. The molecular weight excluding hydrogens is 238 g/mol. The second kappa shape index (κ2) is 6.24. The Bertz CT molecular complexity index is 334. The van der Waals surface area contributed by atoms with E-state index in [9.17, 15) is 0 Å². The lowest BCUT2D eigenvalue weighted by Crippen LogP contribution is -2.21. The Balaban J connectivity index is 1.72. The summed E-state index contributed by atoms with van der Waals surface area (Å²) in [7, 11) is 0. The summed E-state index contributed by atoms with van der Waals surface area (Å²) >= 11 is 5.60. The van der Waals surface area contributed by atoms with E-state index in [1.54, 1.807) is 0 Å². The molecule has 17 heavy (non-hydrogen) atoms. The molecule has 0 bridgehead atoms. The number of aromatic nitrogens is 2. The highest BCUT2D eigenvalue weighted by Gasteiger charge is 2.20. The van der Waals surface area contributed by atoms with Gasteiger partial charge in [0.15, 0.2) is 0 Å². The van der Waals surface area contributed by atoms with Crippen LogP contribution in [0.15, 0.2) is 4.42 Å². The quantitative estimate of drug-likeness (QED) is 0.821. The number of halogens is 1. The zero-order chi connectivity index (χ0) is 12.1. The van der Waals surface area contributed by atoms with Crippen LogP contribution in [0.3, 0.4) is 0 Å². The lowest BCUT2D eigenvalue weighted by atomic mass is 9.81. The van der Waals surface area contributed by atoms with Gasteiger partial charge in [-0.3, -0.25) is 0 Å². The Hall–Kier alpha value is -0.770. The molecular formula is C12H20ClN3O. The van der Waals surface area contributed by atoms with Gasteiger partial charge in [0.25, 0.3) is 0 Å². The fourth-order valence-electron chi connectivity index (χ4n) is 2.45. The molecule has 0 aromatic carbocycles. The first-order valence-corrected chi connectivity index (χ1v) is 6.97. The summed E-state index contributed by atoms with van der Waals surface area (Å²) in [6, 6.07) is 0.498. The maximum absolute atomic E-state index is 5.60. The normalized spacial score (nSPS) is 24.8. The smallest absolute Gasteiger partial charge is 0.315 e. The summed E-state index contributed by atoms with van der Waals surface area (Å²) in [5, 5.41) is 10.9. The molecule has 2 rings (SSSR count). The van der Waals surface area contributed by atoms with Gasteiger partial charge in [0.05, 0.1) is 0 Å². The van der Waals surface area contributed by atoms with Crippen LogP contribution in [0.4, 0.5) is 6.01 Å². The van der Waals surface area contributed by atoms with Gasteiger partial charge in [-0.1, -0.05) is 31.3 Å². The molecule has 5 heteroatoms. The van der Waals surface area contributed by atoms with E-state index >= 15 is 0 Å². The lowest BCUT2D eigenvalue weighted by Gasteiger charge is -2.27. The minimum atomic E-state index is 0.274. The van der Waals surface area contributed by atoms with Crippen molar-refractivity contribution in [3.8, 4) is 0 Å². The molecule has 0 amide bonds. The Morgan fingerprint density at radius 1 is 1.24 bits per heavy atom. The van der Waals surface area contributed by atoms with Crippen molar-refractivity contribution in [2.75, 3.05) is 11.9 Å². The third-order valence-corrected chi connectivity index (χ3v) is 3.90. The summed E-state index contributed by atoms with van der Waals surface area (Å²) in [6.45, 7) is 3.22. The molecule has 0 unspecified atom stereocenters. The zero-order valence-corrected chi connectivity index (χ0v) is 11.0. The first-order chi connectivity index (χ1) is 8.31. The third-order valence-electron chi connectivity index (χ3n) is 3.67. The summed E-state index contributed by atoms with van der Waals surface area (Å²) in [6.07, 6.45) is 6.66. The second-order valence-corrected chi connectivity index (χ2v) is 5.08. The van der Waals surface area contributed by atoms with Crippen molar-refractivity contribution in [2.24, 2.45) is 11.8 Å². The van der Waals surface area contributed by atoms with Crippen LogP contribution in [0.5, 0.6) is 0 Å². The monoisotopic (exact) mass is 257 g/mol. The zero-order valence-electron chi connectivity index (χ0n) is 10.3. The molecule has 0 saturated heterocycles. The van der Waals surface area contributed by atoms with E-state index in [1.165, 1.54) is 32.1 Å². The number of nitrogens with zero attached hydrogens (tertiary/aromatic N) is 2. The highest BCUT2D eigenvalue weighted by atomic mass is 35.5. The van der Waals surface area contributed by atoms with Crippen molar-refractivity contribution in [3.63, 3.8) is 0 Å². The van der Waals surface area contributed by atoms with Crippen molar-refractivity contribution < 1.29 is 4.42 Å². The van der Waals surface area contributed by atoms with Gasteiger partial charge in [-0.2, -0.15) is 0 Å². The topological polar surface area (TPSA) is 51.0 Å². The van der Waals surface area contributed by atoms with Crippen LogP contribution in [0, 0.1) is 11.8 Å². The van der Waals surface area contributed by atoms with E-state index in [0.717, 1.165) is 18.4 Å². The molecule has 1 aliphatic rings. The fraction of sp³-hybridized carbons (Fsp3) is 0.833. The van der Waals surface area contributed by atoms with E-state index in [4.69, 9.17) is 16.0 Å². The lowest BCUT2D eigenvalue weighted by molar-refractivity contribution is 0.277. The Morgan fingerprint density at radius 2 is 1.94 bits per heavy atom. The van der Waals surface area contributed by atoms with Crippen LogP contribution in [0.1, 0.15) is 44.9 Å². The third kappa shape index (κ3) is 3.60. The van der Waals surface area contributed by atoms with Crippen molar-refractivity contribution in [2.45, 2.75) is 44.9 Å². The standard InChI is InChI=1S/C12H20ClN3O/c1-2-9-3-5-10(6-4-9)8-14-12-16-15-11(7-13)17-12/h9-10H,2-8H2,1H3,(H,14,16). The molecule has 1 saturated carbocycles. The highest BCUT2D eigenvalue weighted by Crippen LogP contribution is 2.30. The van der Waals surface area contributed by atoms with E-state index in [1.807, 2.05) is 0 Å². The fourth-order valence-corrected chi connectivity index (χ4v) is 2.56. The number of alkyl halides is 1. The van der Waals surface area contributed by atoms with Crippen LogP contribution in [-0.2, 0) is 5.88 Å². The maximum Gasteiger partial charge on any atom is 0.315 e. The van der Waals surface area contributed by atoms with Crippen LogP contribution >= 0.6 is 11.6 Å². The molecule has 0 atom stereocenters. The van der Waals surface area contributed by atoms with Crippen LogP contribution in [0.25, 0.3) is 0 Å². The number of hydrogen-bond acceptors (Lipinski definition) is 4. The number of rotatable bonds is 5. The molecule has 1 heterocycles. The first kappa shape index (κ1) is 12.7. The second-order valence-electron chi connectivity index (χ2n) is 4.81. The van der Waals surface area contributed by atoms with Crippen LogP contribution in [-0.4, -0.2) is 16.7 Å². The van der Waals surface area contributed by atoms with E-state index in [2.05, 4.69) is 22.4 Å². The predicted octanol–water partition coefficient (Wildman–Crippen LogP) is 3.44. The van der Waals surface area contributed by atoms with Crippen LogP contribution in [0.2, 0.25) is 0 Å². The number of hydrogen-bond donors (Lipinski definition) is 1. The Labute approximate surface area is 107 Å². The van der Waals surface area contributed by atoms with E-state index in [-0.39, 0.29) is 5.88 Å². The van der Waals surface area contributed by atoms with Gasteiger partial charge in [-0.25, -0.2) is 0 Å². The molecule has 0 spiro atoms. The van der Waals surface area contributed by atoms with Gasteiger partial charge in [-0.15, -0.1) is 16.7 Å². The van der Waals surface area contributed by atoms with Crippen molar-refractivity contribution in [1.82, 2.24) is 10.2 Å². The number of anilines is 1. The SMILES string of the molecule is CCC1CCC(CNc2nnc(CCl)o2)CC1. The van der Waals surface area contributed by atoms with Gasteiger partial charge in [0.1, 0.15) is 5.88 Å². The average molecular weight is 258 g/mol.